The lowest BCUT2D eigenvalue weighted by Gasteiger charge is -2.17. The molecule has 0 saturated carbocycles. The molecule has 18 heavy (non-hydrogen) atoms. The van der Waals surface area contributed by atoms with Crippen LogP contribution in [-0.2, 0) is 11.2 Å². The second-order valence-electron chi connectivity index (χ2n) is 4.54. The van der Waals surface area contributed by atoms with E-state index in [-0.39, 0.29) is 24.4 Å². The topological polar surface area (TPSA) is 70.2 Å². The van der Waals surface area contributed by atoms with Gasteiger partial charge in [-0.3, -0.25) is 9.59 Å². The lowest BCUT2D eigenvalue weighted by Crippen LogP contribution is -2.25. The number of fused-ring (bicyclic) bond motifs is 3. The van der Waals surface area contributed by atoms with Crippen LogP contribution in [0.2, 0.25) is 0 Å². The SMILES string of the molecule is O=C1CC(C(=O)O)Cc2[nH]c3cc(F)ccc3c21. The highest BCUT2D eigenvalue weighted by atomic mass is 19.1. The van der Waals surface area contributed by atoms with Crippen LogP contribution in [0.25, 0.3) is 10.9 Å². The molecule has 0 fully saturated rings. The van der Waals surface area contributed by atoms with E-state index in [1.165, 1.54) is 12.1 Å². The van der Waals surface area contributed by atoms with Crippen LogP contribution in [0.15, 0.2) is 18.2 Å². The van der Waals surface area contributed by atoms with Crippen molar-refractivity contribution in [1.29, 1.82) is 0 Å². The monoisotopic (exact) mass is 247 g/mol. The summed E-state index contributed by atoms with van der Waals surface area (Å²) >= 11 is 0. The van der Waals surface area contributed by atoms with Gasteiger partial charge in [0.2, 0.25) is 0 Å². The molecule has 3 rings (SSSR count). The maximum atomic E-state index is 13.1. The molecule has 0 amide bonds. The van der Waals surface area contributed by atoms with Crippen LogP contribution in [0.1, 0.15) is 22.5 Å². The van der Waals surface area contributed by atoms with E-state index in [0.29, 0.717) is 22.2 Å². The molecular weight excluding hydrogens is 237 g/mol. The number of carbonyl (C=O) groups excluding carboxylic acids is 1. The molecule has 0 radical (unpaired) electrons. The van der Waals surface area contributed by atoms with E-state index in [9.17, 15) is 14.0 Å². The van der Waals surface area contributed by atoms with Crippen LogP contribution in [0.4, 0.5) is 4.39 Å². The Kier molecular flexibility index (Phi) is 2.23. The minimum atomic E-state index is -0.973. The largest absolute Gasteiger partial charge is 0.481 e. The van der Waals surface area contributed by atoms with E-state index in [4.69, 9.17) is 5.11 Å². The molecule has 5 heteroatoms. The zero-order valence-electron chi connectivity index (χ0n) is 9.37. The first-order chi connectivity index (χ1) is 8.56. The Bertz CT molecular complexity index is 674. The Hall–Kier alpha value is -2.17. The number of rotatable bonds is 1. The Balaban J connectivity index is 2.19. The van der Waals surface area contributed by atoms with E-state index >= 15 is 0 Å². The fourth-order valence-corrected chi connectivity index (χ4v) is 2.52. The predicted octanol–water partition coefficient (Wildman–Crippen LogP) is 2.14. The standard InChI is InChI=1S/C13H10FNO3/c14-7-1-2-8-9(5-7)15-10-3-6(13(17)18)4-11(16)12(8)10/h1-2,5-6,15H,3-4H2,(H,17,18). The minimum Gasteiger partial charge on any atom is -0.481 e. The third kappa shape index (κ3) is 1.51. The molecule has 0 spiro atoms. The molecule has 2 N–H and O–H groups in total. The summed E-state index contributed by atoms with van der Waals surface area (Å²) in [5.74, 6) is -2.24. The van der Waals surface area contributed by atoms with Gasteiger partial charge in [-0.05, 0) is 18.2 Å². The summed E-state index contributed by atoms with van der Waals surface area (Å²) in [7, 11) is 0. The maximum Gasteiger partial charge on any atom is 0.307 e. The number of hydrogen-bond donors (Lipinski definition) is 2. The number of carboxylic acid groups (broad SMARTS) is 1. The van der Waals surface area contributed by atoms with Gasteiger partial charge in [-0.25, -0.2) is 4.39 Å². The Morgan fingerprint density at radius 1 is 1.39 bits per heavy atom. The quantitative estimate of drug-likeness (QED) is 0.811. The number of hydrogen-bond acceptors (Lipinski definition) is 2. The van der Waals surface area contributed by atoms with Gasteiger partial charge in [-0.1, -0.05) is 0 Å². The second-order valence-corrected chi connectivity index (χ2v) is 4.54. The third-order valence-corrected chi connectivity index (χ3v) is 3.35. The summed E-state index contributed by atoms with van der Waals surface area (Å²) in [6.07, 6.45) is 0.291. The zero-order valence-corrected chi connectivity index (χ0v) is 9.37. The Morgan fingerprint density at radius 2 is 2.17 bits per heavy atom. The molecule has 1 heterocycles. The van der Waals surface area contributed by atoms with Crippen molar-refractivity contribution in [1.82, 2.24) is 4.98 Å². The molecule has 1 aliphatic rings. The number of carboxylic acids is 1. The Morgan fingerprint density at radius 3 is 2.89 bits per heavy atom. The highest BCUT2D eigenvalue weighted by Crippen LogP contribution is 2.31. The smallest absolute Gasteiger partial charge is 0.307 e. The van der Waals surface area contributed by atoms with Crippen molar-refractivity contribution < 1.29 is 19.1 Å². The van der Waals surface area contributed by atoms with E-state index in [1.54, 1.807) is 6.07 Å². The predicted molar refractivity (Wildman–Crippen MR) is 62.0 cm³/mol. The molecule has 1 aliphatic carbocycles. The number of carbonyl (C=O) groups is 2. The first kappa shape index (κ1) is 11.0. The normalized spacial score (nSPS) is 18.9. The summed E-state index contributed by atoms with van der Waals surface area (Å²) in [4.78, 5) is 25.9. The van der Waals surface area contributed by atoms with Gasteiger partial charge in [0.15, 0.2) is 5.78 Å². The molecule has 0 bridgehead atoms. The van der Waals surface area contributed by atoms with Gasteiger partial charge in [-0.15, -0.1) is 0 Å². The van der Waals surface area contributed by atoms with E-state index in [2.05, 4.69) is 4.98 Å². The number of aromatic amines is 1. The molecule has 2 aromatic rings. The van der Waals surface area contributed by atoms with Crippen LogP contribution in [0.5, 0.6) is 0 Å². The van der Waals surface area contributed by atoms with Crippen LogP contribution >= 0.6 is 0 Å². The maximum absolute atomic E-state index is 13.1. The van der Waals surface area contributed by atoms with Gasteiger partial charge in [0.25, 0.3) is 0 Å². The van der Waals surface area contributed by atoms with Gasteiger partial charge in [0, 0.05) is 35.0 Å². The number of halogens is 1. The summed E-state index contributed by atoms with van der Waals surface area (Å²) in [5, 5.41) is 9.64. The van der Waals surface area contributed by atoms with Crippen molar-refractivity contribution in [2.75, 3.05) is 0 Å². The number of H-pyrrole nitrogens is 1. The van der Waals surface area contributed by atoms with Crippen LogP contribution in [0, 0.1) is 11.7 Å². The molecule has 1 aromatic heterocycles. The lowest BCUT2D eigenvalue weighted by molar-refractivity contribution is -0.141. The van der Waals surface area contributed by atoms with Crippen molar-refractivity contribution in [2.24, 2.45) is 5.92 Å². The van der Waals surface area contributed by atoms with Crippen molar-refractivity contribution in [3.8, 4) is 0 Å². The van der Waals surface area contributed by atoms with Gasteiger partial charge in [-0.2, -0.15) is 0 Å². The molecule has 1 aromatic carbocycles. The number of nitrogens with one attached hydrogen (secondary N) is 1. The second kappa shape index (κ2) is 3.66. The average Bonchev–Trinajstić information content (AvgIpc) is 2.66. The zero-order chi connectivity index (χ0) is 12.9. The number of ketones is 1. The molecule has 92 valence electrons. The Labute approximate surface area is 101 Å². The third-order valence-electron chi connectivity index (χ3n) is 3.35. The number of aliphatic carboxylic acids is 1. The van der Waals surface area contributed by atoms with Gasteiger partial charge in [0.05, 0.1) is 5.92 Å². The van der Waals surface area contributed by atoms with Crippen molar-refractivity contribution in [3.05, 3.63) is 35.3 Å². The molecule has 0 aliphatic heterocycles. The summed E-state index contributed by atoms with van der Waals surface area (Å²) < 4.78 is 13.1. The number of benzene rings is 1. The highest BCUT2D eigenvalue weighted by Gasteiger charge is 2.32. The van der Waals surface area contributed by atoms with Gasteiger partial charge >= 0.3 is 5.97 Å². The highest BCUT2D eigenvalue weighted by molar-refractivity contribution is 6.11. The van der Waals surface area contributed by atoms with Crippen molar-refractivity contribution in [2.45, 2.75) is 12.8 Å². The fraction of sp³-hybridized carbons (Fsp3) is 0.231. The average molecular weight is 247 g/mol. The molecule has 1 unspecified atom stereocenters. The first-order valence-electron chi connectivity index (χ1n) is 5.62. The van der Waals surface area contributed by atoms with E-state index < -0.39 is 11.9 Å². The van der Waals surface area contributed by atoms with E-state index in [0.717, 1.165) is 0 Å². The fourth-order valence-electron chi connectivity index (χ4n) is 2.52. The van der Waals surface area contributed by atoms with E-state index in [1.807, 2.05) is 0 Å². The molecule has 0 saturated heterocycles. The van der Waals surface area contributed by atoms with Gasteiger partial charge < -0.3 is 10.1 Å². The molecule has 4 nitrogen and oxygen atoms in total. The number of aromatic nitrogens is 1. The molecule has 1 atom stereocenters. The van der Waals surface area contributed by atoms with Gasteiger partial charge in [0.1, 0.15) is 5.82 Å². The minimum absolute atomic E-state index is 0.00661. The summed E-state index contributed by atoms with van der Waals surface area (Å²) in [6, 6.07) is 4.17. The van der Waals surface area contributed by atoms with Crippen molar-refractivity contribution in [3.63, 3.8) is 0 Å². The number of Topliss-reactive ketones (excluding diaryl/α,β-unsaturated/α-hetero) is 1. The first-order valence-corrected chi connectivity index (χ1v) is 5.62. The van der Waals surface area contributed by atoms with Crippen LogP contribution in [0.3, 0.4) is 0 Å². The summed E-state index contributed by atoms with van der Waals surface area (Å²) in [5.41, 5.74) is 1.65. The van der Waals surface area contributed by atoms with Crippen LogP contribution in [-0.4, -0.2) is 21.8 Å². The lowest BCUT2D eigenvalue weighted by atomic mass is 9.86. The molecular formula is C13H10FNO3. The van der Waals surface area contributed by atoms with Crippen LogP contribution < -0.4 is 0 Å². The summed E-state index contributed by atoms with van der Waals surface area (Å²) in [6.45, 7) is 0. The van der Waals surface area contributed by atoms with Crippen molar-refractivity contribution >= 4 is 22.7 Å².